The maximum Gasteiger partial charge on any atom is 0.253 e. The molecule has 0 atom stereocenters. The van der Waals surface area contributed by atoms with E-state index >= 15 is 0 Å². The fourth-order valence-electron chi connectivity index (χ4n) is 4.37. The number of nitrogens with zero attached hydrogens (tertiary/aromatic N) is 3. The van der Waals surface area contributed by atoms with E-state index in [1.807, 2.05) is 4.90 Å². The average molecular weight is 385 g/mol. The lowest BCUT2D eigenvalue weighted by atomic mass is 9.78. The zero-order valence-electron chi connectivity index (χ0n) is 16.4. The van der Waals surface area contributed by atoms with Gasteiger partial charge in [-0.15, -0.1) is 0 Å². The molecule has 1 aromatic carbocycles. The monoisotopic (exact) mass is 385 g/mol. The number of ether oxygens (including phenoxy) is 1. The van der Waals surface area contributed by atoms with Crippen LogP contribution in [0.3, 0.4) is 0 Å². The van der Waals surface area contributed by atoms with Gasteiger partial charge < -0.3 is 14.2 Å². The van der Waals surface area contributed by atoms with E-state index in [2.05, 4.69) is 34.8 Å². The van der Waals surface area contributed by atoms with Crippen LogP contribution in [0.25, 0.3) is 0 Å². The van der Waals surface area contributed by atoms with Crippen molar-refractivity contribution in [2.45, 2.75) is 19.4 Å². The molecule has 1 amide bonds. The number of carbonyl (C=O) groups excluding carboxylic acids is 1. The highest BCUT2D eigenvalue weighted by Gasteiger charge is 2.39. The number of amides is 1. The third kappa shape index (κ3) is 4.13. The number of hydrogen-bond acceptors (Lipinski definition) is 3. The van der Waals surface area contributed by atoms with Crippen LogP contribution < -0.4 is 0 Å². The second-order valence-electron chi connectivity index (χ2n) is 8.17. The number of piperidine rings is 1. The van der Waals surface area contributed by atoms with E-state index in [-0.39, 0.29) is 17.1 Å². The standard InChI is InChI=1S/C22H28FN3O2/c1-24-10-2-3-20(24)15-25-13-14-28-17-22(16-25)8-11-26(12-9-22)21(27)18-4-6-19(23)7-5-18/h2-7,10H,8-9,11-17H2,1H3. The van der Waals surface area contributed by atoms with Gasteiger partial charge in [-0.3, -0.25) is 9.69 Å². The highest BCUT2D eigenvalue weighted by molar-refractivity contribution is 5.94. The molecule has 0 bridgehead atoms. The molecule has 5 nitrogen and oxygen atoms in total. The lowest BCUT2D eigenvalue weighted by Crippen LogP contribution is -2.48. The number of halogens is 1. The smallest absolute Gasteiger partial charge is 0.253 e. The van der Waals surface area contributed by atoms with Gasteiger partial charge in [0.2, 0.25) is 0 Å². The molecule has 0 N–H and O–H groups in total. The van der Waals surface area contributed by atoms with Crippen LogP contribution in [0.1, 0.15) is 28.9 Å². The van der Waals surface area contributed by atoms with E-state index in [0.717, 1.165) is 58.8 Å². The Labute approximate surface area is 165 Å². The molecule has 3 heterocycles. The molecule has 2 fully saturated rings. The van der Waals surface area contributed by atoms with Crippen LogP contribution in [0.4, 0.5) is 4.39 Å². The SMILES string of the molecule is Cn1cccc1CN1CCOCC2(CCN(C(=O)c3ccc(F)cc3)CC2)C1. The summed E-state index contributed by atoms with van der Waals surface area (Å²) in [5.74, 6) is -0.326. The minimum atomic E-state index is -0.317. The third-order valence-corrected chi connectivity index (χ3v) is 6.16. The van der Waals surface area contributed by atoms with E-state index in [0.29, 0.717) is 5.56 Å². The summed E-state index contributed by atoms with van der Waals surface area (Å²) in [5, 5.41) is 0. The van der Waals surface area contributed by atoms with Gasteiger partial charge in [0.05, 0.1) is 13.2 Å². The fourth-order valence-corrected chi connectivity index (χ4v) is 4.37. The summed E-state index contributed by atoms with van der Waals surface area (Å²) < 4.78 is 21.3. The molecule has 2 aliphatic heterocycles. The molecule has 0 unspecified atom stereocenters. The third-order valence-electron chi connectivity index (χ3n) is 6.16. The fraction of sp³-hybridized carbons (Fsp3) is 0.500. The number of aromatic nitrogens is 1. The van der Waals surface area contributed by atoms with Crippen molar-refractivity contribution in [1.29, 1.82) is 0 Å². The van der Waals surface area contributed by atoms with Gasteiger partial charge in [0, 0.05) is 62.6 Å². The van der Waals surface area contributed by atoms with Crippen molar-refractivity contribution in [2.75, 3.05) is 39.4 Å². The Kier molecular flexibility index (Phi) is 5.51. The maximum atomic E-state index is 13.1. The molecule has 6 heteroatoms. The summed E-state index contributed by atoms with van der Waals surface area (Å²) >= 11 is 0. The Morgan fingerprint density at radius 1 is 1.14 bits per heavy atom. The van der Waals surface area contributed by atoms with Crippen LogP contribution in [0.5, 0.6) is 0 Å². The van der Waals surface area contributed by atoms with E-state index in [1.54, 1.807) is 12.1 Å². The molecule has 1 spiro atoms. The summed E-state index contributed by atoms with van der Waals surface area (Å²) in [5.41, 5.74) is 1.96. The Balaban J connectivity index is 1.39. The molecule has 150 valence electrons. The van der Waals surface area contributed by atoms with Gasteiger partial charge in [-0.1, -0.05) is 0 Å². The number of likely N-dealkylation sites (tertiary alicyclic amines) is 1. The normalized spacial score (nSPS) is 20.3. The van der Waals surface area contributed by atoms with Gasteiger partial charge in [-0.2, -0.15) is 0 Å². The second kappa shape index (κ2) is 8.05. The summed E-state index contributed by atoms with van der Waals surface area (Å²) in [4.78, 5) is 17.1. The van der Waals surface area contributed by atoms with Crippen molar-refractivity contribution in [3.63, 3.8) is 0 Å². The second-order valence-corrected chi connectivity index (χ2v) is 8.17. The van der Waals surface area contributed by atoms with Gasteiger partial charge in [0.25, 0.3) is 5.91 Å². The zero-order valence-corrected chi connectivity index (χ0v) is 16.4. The molecular formula is C22H28FN3O2. The molecule has 0 saturated carbocycles. The van der Waals surface area contributed by atoms with Gasteiger partial charge in [-0.05, 0) is 49.2 Å². The average Bonchev–Trinajstić information content (AvgIpc) is 2.99. The van der Waals surface area contributed by atoms with E-state index in [1.165, 1.54) is 17.8 Å². The molecule has 2 aromatic rings. The maximum absolute atomic E-state index is 13.1. The van der Waals surface area contributed by atoms with Crippen molar-refractivity contribution in [3.05, 3.63) is 59.7 Å². The molecule has 0 aliphatic carbocycles. The summed E-state index contributed by atoms with van der Waals surface area (Å²) in [6.07, 6.45) is 3.95. The van der Waals surface area contributed by atoms with Crippen molar-refractivity contribution in [3.8, 4) is 0 Å². The van der Waals surface area contributed by atoms with E-state index < -0.39 is 0 Å². The van der Waals surface area contributed by atoms with E-state index in [9.17, 15) is 9.18 Å². The molecule has 2 saturated heterocycles. The van der Waals surface area contributed by atoms with Crippen molar-refractivity contribution in [1.82, 2.24) is 14.4 Å². The molecule has 4 rings (SSSR count). The lowest BCUT2D eigenvalue weighted by Gasteiger charge is -2.42. The molecule has 28 heavy (non-hydrogen) atoms. The Hall–Kier alpha value is -2.18. The van der Waals surface area contributed by atoms with Crippen molar-refractivity contribution in [2.24, 2.45) is 12.5 Å². The number of aryl methyl sites for hydroxylation is 1. The first-order valence-corrected chi connectivity index (χ1v) is 10.00. The Morgan fingerprint density at radius 2 is 1.89 bits per heavy atom. The molecule has 0 radical (unpaired) electrons. The van der Waals surface area contributed by atoms with Gasteiger partial charge in [-0.25, -0.2) is 4.39 Å². The predicted octanol–water partition coefficient (Wildman–Crippen LogP) is 2.92. The van der Waals surface area contributed by atoms with Crippen LogP contribution in [0.2, 0.25) is 0 Å². The van der Waals surface area contributed by atoms with Crippen molar-refractivity contribution >= 4 is 5.91 Å². The Morgan fingerprint density at radius 3 is 2.57 bits per heavy atom. The number of hydrogen-bond donors (Lipinski definition) is 0. The first-order chi connectivity index (χ1) is 13.5. The zero-order chi connectivity index (χ0) is 19.6. The summed E-state index contributed by atoms with van der Waals surface area (Å²) in [6.45, 7) is 5.81. The van der Waals surface area contributed by atoms with Crippen LogP contribution in [-0.4, -0.2) is 59.7 Å². The topological polar surface area (TPSA) is 37.7 Å². The predicted molar refractivity (Wildman–Crippen MR) is 105 cm³/mol. The minimum absolute atomic E-state index is 0.00921. The summed E-state index contributed by atoms with van der Waals surface area (Å²) in [6, 6.07) is 10.1. The summed E-state index contributed by atoms with van der Waals surface area (Å²) in [7, 11) is 2.08. The van der Waals surface area contributed by atoms with Gasteiger partial charge in [0.15, 0.2) is 0 Å². The molecule has 1 aromatic heterocycles. The minimum Gasteiger partial charge on any atom is -0.379 e. The number of rotatable bonds is 3. The molecule has 2 aliphatic rings. The van der Waals surface area contributed by atoms with Crippen LogP contribution in [-0.2, 0) is 18.3 Å². The first kappa shape index (κ1) is 19.2. The highest BCUT2D eigenvalue weighted by Crippen LogP contribution is 2.35. The number of benzene rings is 1. The Bertz CT molecular complexity index is 809. The van der Waals surface area contributed by atoms with Crippen LogP contribution in [0, 0.1) is 11.2 Å². The van der Waals surface area contributed by atoms with Crippen molar-refractivity contribution < 1.29 is 13.9 Å². The lowest BCUT2D eigenvalue weighted by molar-refractivity contribution is 0.0144. The van der Waals surface area contributed by atoms with Crippen LogP contribution >= 0.6 is 0 Å². The first-order valence-electron chi connectivity index (χ1n) is 10.00. The largest absolute Gasteiger partial charge is 0.379 e. The van der Waals surface area contributed by atoms with E-state index in [4.69, 9.17) is 4.74 Å². The highest BCUT2D eigenvalue weighted by atomic mass is 19.1. The van der Waals surface area contributed by atoms with Gasteiger partial charge in [0.1, 0.15) is 5.82 Å². The van der Waals surface area contributed by atoms with Crippen LogP contribution in [0.15, 0.2) is 42.6 Å². The molecular weight excluding hydrogens is 357 g/mol. The number of carbonyl (C=O) groups is 1. The quantitative estimate of drug-likeness (QED) is 0.815. The van der Waals surface area contributed by atoms with Gasteiger partial charge >= 0.3 is 0 Å².